The second kappa shape index (κ2) is 5.67. The Morgan fingerprint density at radius 2 is 1.63 bits per heavy atom. The van der Waals surface area contributed by atoms with Gasteiger partial charge in [0.1, 0.15) is 5.76 Å². The third-order valence-corrected chi connectivity index (χ3v) is 2.97. The first-order chi connectivity index (χ1) is 9.13. The predicted octanol–water partition coefficient (Wildman–Crippen LogP) is 2.11. The van der Waals surface area contributed by atoms with Gasteiger partial charge in [-0.05, 0) is 12.0 Å². The molecule has 5 heteroatoms. The van der Waals surface area contributed by atoms with E-state index in [2.05, 4.69) is 0 Å². The minimum atomic E-state index is -1.03. The fourth-order valence-corrected chi connectivity index (χ4v) is 1.89. The molecule has 1 atom stereocenters. The number of hydrogen-bond donors (Lipinski definition) is 4. The van der Waals surface area contributed by atoms with E-state index < -0.39 is 30.0 Å². The van der Waals surface area contributed by atoms with E-state index >= 15 is 0 Å². The maximum atomic E-state index is 9.70. The number of aliphatic hydroxyl groups is 4. The molecule has 2 rings (SSSR count). The van der Waals surface area contributed by atoms with Crippen molar-refractivity contribution in [1.82, 2.24) is 0 Å². The lowest BCUT2D eigenvalue weighted by molar-refractivity contribution is 0.0254. The van der Waals surface area contributed by atoms with Crippen LogP contribution in [0.5, 0.6) is 0 Å². The van der Waals surface area contributed by atoms with E-state index in [9.17, 15) is 15.3 Å². The summed E-state index contributed by atoms with van der Waals surface area (Å²) in [5.74, 6) is -1.49. The SMILES string of the molecule is OC[C@H]1OC(CCc2ccccc2)=C(O)C(O)=C1O. The molecule has 19 heavy (non-hydrogen) atoms. The van der Waals surface area contributed by atoms with Crippen molar-refractivity contribution >= 4 is 0 Å². The van der Waals surface area contributed by atoms with Crippen molar-refractivity contribution in [3.05, 3.63) is 58.9 Å². The highest BCUT2D eigenvalue weighted by Gasteiger charge is 2.30. The second-order valence-corrected chi connectivity index (χ2v) is 4.28. The summed E-state index contributed by atoms with van der Waals surface area (Å²) in [6.45, 7) is -0.474. The fraction of sp³-hybridized carbons (Fsp3) is 0.286. The van der Waals surface area contributed by atoms with Crippen molar-refractivity contribution in [2.75, 3.05) is 6.61 Å². The molecule has 1 aromatic carbocycles. The van der Waals surface area contributed by atoms with Crippen LogP contribution in [-0.2, 0) is 11.2 Å². The van der Waals surface area contributed by atoms with Crippen molar-refractivity contribution in [3.8, 4) is 0 Å². The molecule has 0 fully saturated rings. The molecule has 102 valence electrons. The summed E-state index contributed by atoms with van der Waals surface area (Å²) >= 11 is 0. The second-order valence-electron chi connectivity index (χ2n) is 4.28. The zero-order chi connectivity index (χ0) is 13.8. The highest BCUT2D eigenvalue weighted by molar-refractivity contribution is 5.30. The van der Waals surface area contributed by atoms with Gasteiger partial charge in [-0.2, -0.15) is 0 Å². The topological polar surface area (TPSA) is 90.2 Å². The van der Waals surface area contributed by atoms with E-state index in [1.807, 2.05) is 30.3 Å². The molecule has 4 N–H and O–H groups in total. The van der Waals surface area contributed by atoms with Gasteiger partial charge in [0.2, 0.25) is 5.76 Å². The lowest BCUT2D eigenvalue weighted by atomic mass is 10.1. The van der Waals surface area contributed by atoms with E-state index in [4.69, 9.17) is 9.84 Å². The van der Waals surface area contributed by atoms with E-state index in [0.717, 1.165) is 5.56 Å². The van der Waals surface area contributed by atoms with Crippen LogP contribution in [0.4, 0.5) is 0 Å². The number of allylic oxidation sites excluding steroid dienone is 1. The van der Waals surface area contributed by atoms with Gasteiger partial charge >= 0.3 is 0 Å². The molecule has 0 bridgehead atoms. The average Bonchev–Trinajstić information content (AvgIpc) is 2.45. The minimum absolute atomic E-state index is 0.165. The summed E-state index contributed by atoms with van der Waals surface area (Å²) in [7, 11) is 0. The molecule has 0 radical (unpaired) electrons. The average molecular weight is 264 g/mol. The Bertz CT molecular complexity index is 504. The molecule has 0 unspecified atom stereocenters. The van der Waals surface area contributed by atoms with Crippen LogP contribution in [0.2, 0.25) is 0 Å². The summed E-state index contributed by atoms with van der Waals surface area (Å²) in [6.07, 6.45) is -0.0440. The standard InChI is InChI=1S/C14H16O5/c15-8-11-13(17)14(18)12(16)10(19-11)7-6-9-4-2-1-3-5-9/h1-5,11,15-18H,6-8H2/t11-/m1/s1. The van der Waals surface area contributed by atoms with Crippen LogP contribution in [-0.4, -0.2) is 33.1 Å². The Balaban J connectivity index is 2.11. The first kappa shape index (κ1) is 13.3. The molecule has 0 amide bonds. The monoisotopic (exact) mass is 264 g/mol. The molecule has 0 aromatic heterocycles. The summed E-state index contributed by atoms with van der Waals surface area (Å²) in [5, 5.41) is 37.7. The van der Waals surface area contributed by atoms with Gasteiger partial charge in [-0.1, -0.05) is 30.3 Å². The maximum Gasteiger partial charge on any atom is 0.203 e. The number of rotatable bonds is 4. The van der Waals surface area contributed by atoms with Crippen LogP contribution in [0, 0.1) is 0 Å². The smallest absolute Gasteiger partial charge is 0.203 e. The Morgan fingerprint density at radius 3 is 2.26 bits per heavy atom. The first-order valence-electron chi connectivity index (χ1n) is 5.99. The molecule has 0 saturated carbocycles. The molecular weight excluding hydrogens is 248 g/mol. The Hall–Kier alpha value is -2.14. The van der Waals surface area contributed by atoms with E-state index in [-0.39, 0.29) is 5.76 Å². The van der Waals surface area contributed by atoms with Gasteiger partial charge in [-0.15, -0.1) is 0 Å². The van der Waals surface area contributed by atoms with Crippen LogP contribution in [0.1, 0.15) is 12.0 Å². The van der Waals surface area contributed by atoms with Gasteiger partial charge in [0, 0.05) is 6.42 Å². The molecule has 1 aliphatic rings. The fourth-order valence-electron chi connectivity index (χ4n) is 1.89. The van der Waals surface area contributed by atoms with Crippen molar-refractivity contribution in [2.45, 2.75) is 18.9 Å². The summed E-state index contributed by atoms with van der Waals surface area (Å²) in [6, 6.07) is 9.61. The number of aliphatic hydroxyl groups excluding tert-OH is 4. The lowest BCUT2D eigenvalue weighted by Gasteiger charge is -2.24. The molecule has 5 nitrogen and oxygen atoms in total. The van der Waals surface area contributed by atoms with Gasteiger partial charge in [0.15, 0.2) is 17.6 Å². The largest absolute Gasteiger partial charge is 0.505 e. The third-order valence-electron chi connectivity index (χ3n) is 2.97. The van der Waals surface area contributed by atoms with Crippen molar-refractivity contribution in [1.29, 1.82) is 0 Å². The first-order valence-corrected chi connectivity index (χ1v) is 5.99. The predicted molar refractivity (Wildman–Crippen MR) is 68.7 cm³/mol. The van der Waals surface area contributed by atoms with E-state index in [1.165, 1.54) is 0 Å². The van der Waals surface area contributed by atoms with Crippen molar-refractivity contribution < 1.29 is 25.2 Å². The number of ether oxygens (including phenoxy) is 1. The van der Waals surface area contributed by atoms with Crippen LogP contribution >= 0.6 is 0 Å². The zero-order valence-corrected chi connectivity index (χ0v) is 10.3. The molecule has 0 spiro atoms. The Labute approximate surface area is 110 Å². The normalized spacial score (nSPS) is 19.5. The lowest BCUT2D eigenvalue weighted by Crippen LogP contribution is -2.26. The van der Waals surface area contributed by atoms with Crippen molar-refractivity contribution in [2.24, 2.45) is 0 Å². The molecule has 0 aliphatic carbocycles. The maximum absolute atomic E-state index is 9.70. The van der Waals surface area contributed by atoms with Crippen LogP contribution < -0.4 is 0 Å². The zero-order valence-electron chi connectivity index (χ0n) is 10.3. The minimum Gasteiger partial charge on any atom is -0.505 e. The summed E-state index contributed by atoms with van der Waals surface area (Å²) in [4.78, 5) is 0. The van der Waals surface area contributed by atoms with E-state index in [1.54, 1.807) is 0 Å². The molecule has 1 aliphatic heterocycles. The molecular formula is C14H16O5. The Kier molecular flexibility index (Phi) is 3.97. The highest BCUT2D eigenvalue weighted by atomic mass is 16.5. The van der Waals surface area contributed by atoms with Crippen LogP contribution in [0.3, 0.4) is 0 Å². The van der Waals surface area contributed by atoms with Gasteiger partial charge in [0.05, 0.1) is 6.61 Å². The van der Waals surface area contributed by atoms with Gasteiger partial charge in [-0.25, -0.2) is 0 Å². The van der Waals surface area contributed by atoms with Gasteiger partial charge in [-0.3, -0.25) is 0 Å². The van der Waals surface area contributed by atoms with Gasteiger partial charge < -0.3 is 25.2 Å². The van der Waals surface area contributed by atoms with Crippen LogP contribution in [0.25, 0.3) is 0 Å². The Morgan fingerprint density at radius 1 is 0.947 bits per heavy atom. The summed E-state index contributed by atoms with van der Waals surface area (Å²) < 4.78 is 5.26. The summed E-state index contributed by atoms with van der Waals surface area (Å²) in [5.41, 5.74) is 1.06. The number of hydrogen-bond acceptors (Lipinski definition) is 5. The quantitative estimate of drug-likeness (QED) is 0.668. The third kappa shape index (κ3) is 2.82. The highest BCUT2D eigenvalue weighted by Crippen LogP contribution is 2.27. The van der Waals surface area contributed by atoms with Gasteiger partial charge in [0.25, 0.3) is 0 Å². The molecule has 1 heterocycles. The van der Waals surface area contributed by atoms with E-state index in [0.29, 0.717) is 12.8 Å². The molecule has 0 saturated heterocycles. The number of aryl methyl sites for hydroxylation is 1. The number of benzene rings is 1. The van der Waals surface area contributed by atoms with Crippen molar-refractivity contribution in [3.63, 3.8) is 0 Å². The molecule has 1 aromatic rings. The van der Waals surface area contributed by atoms with Crippen LogP contribution in [0.15, 0.2) is 53.4 Å².